The van der Waals surface area contributed by atoms with Crippen molar-refractivity contribution in [2.75, 3.05) is 6.61 Å². The Balaban J connectivity index is 3.46. The Bertz CT molecular complexity index is 151. The highest BCUT2D eigenvalue weighted by molar-refractivity contribution is 5.82. The van der Waals surface area contributed by atoms with E-state index in [0.717, 1.165) is 18.9 Å². The summed E-state index contributed by atoms with van der Waals surface area (Å²) in [5.41, 5.74) is 10.1. The molecule has 4 heteroatoms. The van der Waals surface area contributed by atoms with Crippen molar-refractivity contribution in [2.45, 2.75) is 19.8 Å². The molecule has 0 radical (unpaired) electrons. The van der Waals surface area contributed by atoms with Gasteiger partial charge in [0.15, 0.2) is 0 Å². The van der Waals surface area contributed by atoms with Crippen LogP contribution in [0.1, 0.15) is 19.8 Å². The predicted octanol–water partition coefficient (Wildman–Crippen LogP) is 0.0885. The third kappa shape index (κ3) is 6.70. The number of hydrogen-bond donors (Lipinski definition) is 2. The molecule has 0 aromatic heterocycles. The lowest BCUT2D eigenvalue weighted by molar-refractivity contribution is -0.137. The summed E-state index contributed by atoms with van der Waals surface area (Å²) >= 11 is 0. The highest BCUT2D eigenvalue weighted by atomic mass is 16.5. The van der Waals surface area contributed by atoms with E-state index in [2.05, 4.69) is 0 Å². The van der Waals surface area contributed by atoms with Gasteiger partial charge in [-0.1, -0.05) is 13.3 Å². The van der Waals surface area contributed by atoms with Crippen molar-refractivity contribution in [3.05, 3.63) is 11.9 Å². The summed E-state index contributed by atoms with van der Waals surface area (Å²) in [6.07, 6.45) is 2.93. The summed E-state index contributed by atoms with van der Waals surface area (Å²) in [5.74, 6) is -0.495. The highest BCUT2D eigenvalue weighted by Gasteiger charge is 1.96. The molecule has 0 saturated heterocycles. The monoisotopic (exact) mass is 158 g/mol. The molecule has 4 N–H and O–H groups in total. The molecule has 0 saturated carbocycles. The van der Waals surface area contributed by atoms with E-state index in [0.29, 0.717) is 6.61 Å². The maximum Gasteiger partial charge on any atom is 0.334 e. The first-order valence-electron chi connectivity index (χ1n) is 3.56. The zero-order valence-corrected chi connectivity index (χ0v) is 6.67. The summed E-state index contributed by atoms with van der Waals surface area (Å²) in [4.78, 5) is 10.7. The van der Waals surface area contributed by atoms with Crippen LogP contribution >= 0.6 is 0 Å². The fourth-order valence-corrected chi connectivity index (χ4v) is 0.495. The van der Waals surface area contributed by atoms with Gasteiger partial charge in [0.2, 0.25) is 0 Å². The Hall–Kier alpha value is -1.19. The van der Waals surface area contributed by atoms with Crippen molar-refractivity contribution in [1.29, 1.82) is 0 Å². The topological polar surface area (TPSA) is 78.3 Å². The average molecular weight is 158 g/mol. The largest absolute Gasteiger partial charge is 0.462 e. The van der Waals surface area contributed by atoms with Crippen molar-refractivity contribution in [3.8, 4) is 0 Å². The first kappa shape index (κ1) is 9.81. The van der Waals surface area contributed by atoms with E-state index < -0.39 is 5.97 Å². The van der Waals surface area contributed by atoms with Gasteiger partial charge < -0.3 is 16.2 Å². The molecule has 4 nitrogen and oxygen atoms in total. The highest BCUT2D eigenvalue weighted by Crippen LogP contribution is 1.89. The molecule has 0 bridgehead atoms. The Morgan fingerprint density at radius 2 is 2.18 bits per heavy atom. The first-order valence-corrected chi connectivity index (χ1v) is 3.56. The Morgan fingerprint density at radius 3 is 2.64 bits per heavy atom. The Morgan fingerprint density at radius 1 is 1.55 bits per heavy atom. The standard InChI is InChI=1S/C7H14N2O2/c1-2-3-4-11-7(10)5-6(8)9/h5H,2-4,8-9H2,1H3. The van der Waals surface area contributed by atoms with Crippen LogP contribution in [0.5, 0.6) is 0 Å². The molecule has 0 spiro atoms. The van der Waals surface area contributed by atoms with Crippen molar-refractivity contribution < 1.29 is 9.53 Å². The van der Waals surface area contributed by atoms with Crippen LogP contribution in [0.25, 0.3) is 0 Å². The lowest BCUT2D eigenvalue weighted by Gasteiger charge is -1.98. The Labute approximate surface area is 66.2 Å². The van der Waals surface area contributed by atoms with Crippen molar-refractivity contribution in [1.82, 2.24) is 0 Å². The molecule has 64 valence electrons. The fourth-order valence-electron chi connectivity index (χ4n) is 0.495. The quantitative estimate of drug-likeness (QED) is 0.345. The van der Waals surface area contributed by atoms with E-state index in [1.165, 1.54) is 0 Å². The minimum Gasteiger partial charge on any atom is -0.462 e. The van der Waals surface area contributed by atoms with E-state index in [1.54, 1.807) is 0 Å². The fraction of sp³-hybridized carbons (Fsp3) is 0.571. The van der Waals surface area contributed by atoms with E-state index in [9.17, 15) is 4.79 Å². The van der Waals surface area contributed by atoms with Crippen molar-refractivity contribution >= 4 is 5.97 Å². The molecule has 0 aromatic rings. The molecule has 0 amide bonds. The molecular weight excluding hydrogens is 144 g/mol. The molecule has 0 aliphatic rings. The maximum atomic E-state index is 10.7. The summed E-state index contributed by atoms with van der Waals surface area (Å²) in [5, 5.41) is 0. The lowest BCUT2D eigenvalue weighted by Crippen LogP contribution is -2.12. The molecule has 0 rings (SSSR count). The van der Waals surface area contributed by atoms with Gasteiger partial charge in [-0.3, -0.25) is 0 Å². The minimum atomic E-state index is -0.474. The summed E-state index contributed by atoms with van der Waals surface area (Å²) < 4.78 is 4.72. The van der Waals surface area contributed by atoms with Gasteiger partial charge in [0, 0.05) is 0 Å². The van der Waals surface area contributed by atoms with Crippen molar-refractivity contribution in [2.24, 2.45) is 11.5 Å². The molecule has 0 aromatic carbocycles. The van der Waals surface area contributed by atoms with Crippen LogP contribution in [0.3, 0.4) is 0 Å². The third-order valence-electron chi connectivity index (χ3n) is 1.03. The average Bonchev–Trinajstić information content (AvgIpc) is 1.86. The number of hydrogen-bond acceptors (Lipinski definition) is 4. The van der Waals surface area contributed by atoms with Crippen LogP contribution in [0, 0.1) is 0 Å². The van der Waals surface area contributed by atoms with Crippen LogP contribution in [-0.2, 0) is 9.53 Å². The molecule has 0 aliphatic carbocycles. The molecule has 0 heterocycles. The summed E-state index contributed by atoms with van der Waals surface area (Å²) in [7, 11) is 0. The predicted molar refractivity (Wildman–Crippen MR) is 42.3 cm³/mol. The number of unbranched alkanes of at least 4 members (excludes halogenated alkanes) is 1. The second-order valence-electron chi connectivity index (χ2n) is 2.17. The lowest BCUT2D eigenvalue weighted by atomic mass is 10.4. The molecule has 11 heavy (non-hydrogen) atoms. The first-order chi connectivity index (χ1) is 5.16. The van der Waals surface area contributed by atoms with Crippen LogP contribution in [0.4, 0.5) is 0 Å². The molecule has 0 aliphatic heterocycles. The number of ether oxygens (including phenoxy) is 1. The van der Waals surface area contributed by atoms with Crippen LogP contribution in [-0.4, -0.2) is 12.6 Å². The number of carbonyl (C=O) groups is 1. The van der Waals surface area contributed by atoms with E-state index in [1.807, 2.05) is 6.92 Å². The number of esters is 1. The SMILES string of the molecule is CCCCOC(=O)C=C(N)N. The van der Waals surface area contributed by atoms with Gasteiger partial charge >= 0.3 is 5.97 Å². The maximum absolute atomic E-state index is 10.7. The van der Waals surface area contributed by atoms with E-state index in [-0.39, 0.29) is 5.82 Å². The van der Waals surface area contributed by atoms with Gasteiger partial charge in [0.05, 0.1) is 12.7 Å². The molecule has 0 fully saturated rings. The molecule has 0 unspecified atom stereocenters. The zero-order valence-electron chi connectivity index (χ0n) is 6.67. The Kier molecular flexibility index (Phi) is 4.98. The van der Waals surface area contributed by atoms with Crippen LogP contribution < -0.4 is 11.5 Å². The van der Waals surface area contributed by atoms with Gasteiger partial charge in [-0.2, -0.15) is 0 Å². The second-order valence-corrected chi connectivity index (χ2v) is 2.17. The van der Waals surface area contributed by atoms with E-state index >= 15 is 0 Å². The van der Waals surface area contributed by atoms with E-state index in [4.69, 9.17) is 16.2 Å². The van der Waals surface area contributed by atoms with Crippen LogP contribution in [0.2, 0.25) is 0 Å². The molecular formula is C7H14N2O2. The number of rotatable bonds is 4. The van der Waals surface area contributed by atoms with Crippen LogP contribution in [0.15, 0.2) is 11.9 Å². The smallest absolute Gasteiger partial charge is 0.334 e. The summed E-state index contributed by atoms with van der Waals surface area (Å²) in [6.45, 7) is 2.44. The number of carbonyl (C=O) groups excluding carboxylic acids is 1. The molecule has 0 atom stereocenters. The number of nitrogens with two attached hydrogens (primary N) is 2. The van der Waals surface area contributed by atoms with Gasteiger partial charge in [-0.25, -0.2) is 4.79 Å². The summed E-state index contributed by atoms with van der Waals surface area (Å²) in [6, 6.07) is 0. The minimum absolute atomic E-state index is 0.0218. The van der Waals surface area contributed by atoms with Gasteiger partial charge in [-0.15, -0.1) is 0 Å². The van der Waals surface area contributed by atoms with Crippen molar-refractivity contribution in [3.63, 3.8) is 0 Å². The van der Waals surface area contributed by atoms with Gasteiger partial charge in [0.25, 0.3) is 0 Å². The van der Waals surface area contributed by atoms with Gasteiger partial charge in [0.1, 0.15) is 5.82 Å². The normalized spacial score (nSPS) is 8.82. The van der Waals surface area contributed by atoms with Gasteiger partial charge in [-0.05, 0) is 6.42 Å². The third-order valence-corrected chi connectivity index (χ3v) is 1.03. The zero-order chi connectivity index (χ0) is 8.69. The second kappa shape index (κ2) is 5.58.